The number of nitrogens with zero attached hydrogens (tertiary/aromatic N) is 1. The van der Waals surface area contributed by atoms with Gasteiger partial charge in [-0.3, -0.25) is 9.78 Å². The van der Waals surface area contributed by atoms with E-state index >= 15 is 0 Å². The molecule has 2 heterocycles. The molecule has 2 unspecified atom stereocenters. The van der Waals surface area contributed by atoms with E-state index in [9.17, 15) is 4.79 Å². The maximum atomic E-state index is 11.8. The number of hydrogen-bond acceptors (Lipinski definition) is 3. The van der Waals surface area contributed by atoms with Crippen LogP contribution < -0.4 is 5.32 Å². The number of nitrogens with one attached hydrogen (secondary N) is 1. The van der Waals surface area contributed by atoms with Crippen molar-refractivity contribution >= 4 is 23.2 Å². The summed E-state index contributed by atoms with van der Waals surface area (Å²) in [5.41, 5.74) is 0.550. The highest BCUT2D eigenvalue weighted by Gasteiger charge is 2.28. The summed E-state index contributed by atoms with van der Waals surface area (Å²) in [6.45, 7) is 2.44. The molecule has 0 aliphatic carbocycles. The fourth-order valence-corrected chi connectivity index (χ4v) is 1.86. The van der Waals surface area contributed by atoms with Gasteiger partial charge in [0.15, 0.2) is 0 Å². The summed E-state index contributed by atoms with van der Waals surface area (Å²) in [6.07, 6.45) is 4.03. The van der Waals surface area contributed by atoms with Gasteiger partial charge < -0.3 is 10.1 Å². The molecule has 0 radical (unpaired) electrons. The van der Waals surface area contributed by atoms with E-state index in [1.54, 1.807) is 18.5 Å². The average Bonchev–Trinajstić information content (AvgIpc) is 2.68. The zero-order valence-electron chi connectivity index (χ0n) is 8.94. The summed E-state index contributed by atoms with van der Waals surface area (Å²) in [5, 5.41) is 3.25. The minimum Gasteiger partial charge on any atom is -0.378 e. The minimum atomic E-state index is -0.0914. The molecule has 1 aliphatic heterocycles. The van der Waals surface area contributed by atoms with E-state index in [1.165, 1.54) is 0 Å². The monoisotopic (exact) mass is 240 g/mol. The van der Waals surface area contributed by atoms with Crippen LogP contribution in [0.2, 0.25) is 5.02 Å². The summed E-state index contributed by atoms with van der Waals surface area (Å²) in [7, 11) is 0. The number of amides is 1. The molecule has 0 saturated carbocycles. The third kappa shape index (κ3) is 2.51. The molecule has 86 valence electrons. The molecule has 1 aromatic heterocycles. The molecule has 0 spiro atoms. The SMILES string of the molecule is CC1CC(C(=O)Nc2cnccc2Cl)CO1. The van der Waals surface area contributed by atoms with Gasteiger partial charge in [0.05, 0.1) is 35.5 Å². The zero-order valence-corrected chi connectivity index (χ0v) is 9.70. The molecule has 1 saturated heterocycles. The van der Waals surface area contributed by atoms with E-state index in [4.69, 9.17) is 16.3 Å². The first kappa shape index (κ1) is 11.4. The van der Waals surface area contributed by atoms with E-state index in [2.05, 4.69) is 10.3 Å². The van der Waals surface area contributed by atoms with Gasteiger partial charge in [-0.1, -0.05) is 11.6 Å². The lowest BCUT2D eigenvalue weighted by Crippen LogP contribution is -2.23. The summed E-state index contributed by atoms with van der Waals surface area (Å²) in [6, 6.07) is 1.64. The molecular formula is C11H13ClN2O2. The average molecular weight is 241 g/mol. The fraction of sp³-hybridized carbons (Fsp3) is 0.455. The first-order valence-electron chi connectivity index (χ1n) is 5.19. The van der Waals surface area contributed by atoms with Crippen LogP contribution in [0.25, 0.3) is 0 Å². The van der Waals surface area contributed by atoms with Crippen LogP contribution in [-0.4, -0.2) is 23.6 Å². The second-order valence-electron chi connectivity index (χ2n) is 3.92. The number of pyridine rings is 1. The standard InChI is InChI=1S/C11H13ClN2O2/c1-7-4-8(6-16-7)11(15)14-10-5-13-3-2-9(10)12/h2-3,5,7-8H,4,6H2,1H3,(H,14,15). The summed E-state index contributed by atoms with van der Waals surface area (Å²) in [4.78, 5) is 15.7. The number of anilines is 1. The number of rotatable bonds is 2. The smallest absolute Gasteiger partial charge is 0.229 e. The second kappa shape index (κ2) is 4.80. The van der Waals surface area contributed by atoms with E-state index in [0.717, 1.165) is 6.42 Å². The van der Waals surface area contributed by atoms with E-state index < -0.39 is 0 Å². The number of aromatic nitrogens is 1. The van der Waals surface area contributed by atoms with Gasteiger partial charge in [-0.15, -0.1) is 0 Å². The molecular weight excluding hydrogens is 228 g/mol. The lowest BCUT2D eigenvalue weighted by Gasteiger charge is -2.09. The largest absolute Gasteiger partial charge is 0.378 e. The summed E-state index contributed by atoms with van der Waals surface area (Å²) in [5.74, 6) is -0.148. The molecule has 1 amide bonds. The zero-order chi connectivity index (χ0) is 11.5. The predicted molar refractivity (Wildman–Crippen MR) is 61.4 cm³/mol. The Bertz CT molecular complexity index is 397. The van der Waals surface area contributed by atoms with Gasteiger partial charge in [0, 0.05) is 6.20 Å². The second-order valence-corrected chi connectivity index (χ2v) is 4.33. The highest BCUT2D eigenvalue weighted by atomic mass is 35.5. The molecule has 2 rings (SSSR count). The van der Waals surface area contributed by atoms with Crippen LogP contribution in [0.5, 0.6) is 0 Å². The van der Waals surface area contributed by atoms with Crippen molar-refractivity contribution in [3.8, 4) is 0 Å². The number of hydrogen-bond donors (Lipinski definition) is 1. The molecule has 0 aromatic carbocycles. The lowest BCUT2D eigenvalue weighted by molar-refractivity contribution is -0.119. The van der Waals surface area contributed by atoms with Gasteiger partial charge in [0.1, 0.15) is 0 Å². The van der Waals surface area contributed by atoms with Crippen molar-refractivity contribution in [3.05, 3.63) is 23.5 Å². The van der Waals surface area contributed by atoms with Gasteiger partial charge in [-0.05, 0) is 19.4 Å². The van der Waals surface area contributed by atoms with Crippen molar-refractivity contribution in [2.24, 2.45) is 5.92 Å². The first-order chi connectivity index (χ1) is 7.66. The van der Waals surface area contributed by atoms with E-state index in [-0.39, 0.29) is 17.9 Å². The van der Waals surface area contributed by atoms with Crippen molar-refractivity contribution in [3.63, 3.8) is 0 Å². The normalized spacial score (nSPS) is 24.4. The van der Waals surface area contributed by atoms with Gasteiger partial charge in [-0.2, -0.15) is 0 Å². The van der Waals surface area contributed by atoms with E-state index in [1.807, 2.05) is 6.92 Å². The van der Waals surface area contributed by atoms with Crippen LogP contribution in [0.1, 0.15) is 13.3 Å². The van der Waals surface area contributed by atoms with Crippen molar-refractivity contribution in [1.82, 2.24) is 4.98 Å². The molecule has 5 heteroatoms. The molecule has 1 aliphatic rings. The molecule has 1 fully saturated rings. The van der Waals surface area contributed by atoms with Crippen molar-refractivity contribution in [2.45, 2.75) is 19.4 Å². The fourth-order valence-electron chi connectivity index (χ4n) is 1.70. The highest BCUT2D eigenvalue weighted by molar-refractivity contribution is 6.33. The molecule has 16 heavy (non-hydrogen) atoms. The topological polar surface area (TPSA) is 51.2 Å². The summed E-state index contributed by atoms with van der Waals surface area (Å²) < 4.78 is 5.35. The number of ether oxygens (including phenoxy) is 1. The molecule has 1 aromatic rings. The van der Waals surface area contributed by atoms with Gasteiger partial charge in [-0.25, -0.2) is 0 Å². The third-order valence-electron chi connectivity index (χ3n) is 2.59. The Morgan fingerprint density at radius 3 is 3.12 bits per heavy atom. The van der Waals surface area contributed by atoms with Crippen LogP contribution in [-0.2, 0) is 9.53 Å². The van der Waals surface area contributed by atoms with Crippen LogP contribution in [0, 0.1) is 5.92 Å². The Labute approximate surface area is 99.0 Å². The number of halogens is 1. The Hall–Kier alpha value is -1.13. The molecule has 1 N–H and O–H groups in total. The molecule has 4 nitrogen and oxygen atoms in total. The van der Waals surface area contributed by atoms with Crippen molar-refractivity contribution in [2.75, 3.05) is 11.9 Å². The van der Waals surface area contributed by atoms with E-state index in [0.29, 0.717) is 17.3 Å². The van der Waals surface area contributed by atoms with Crippen LogP contribution >= 0.6 is 11.6 Å². The number of carbonyl (C=O) groups is 1. The molecule has 0 bridgehead atoms. The Morgan fingerprint density at radius 1 is 1.69 bits per heavy atom. The lowest BCUT2D eigenvalue weighted by atomic mass is 10.1. The van der Waals surface area contributed by atoms with Gasteiger partial charge in [0.2, 0.25) is 5.91 Å². The first-order valence-corrected chi connectivity index (χ1v) is 5.56. The van der Waals surface area contributed by atoms with Crippen LogP contribution in [0.3, 0.4) is 0 Å². The van der Waals surface area contributed by atoms with Crippen LogP contribution in [0.4, 0.5) is 5.69 Å². The molecule has 2 atom stereocenters. The van der Waals surface area contributed by atoms with Crippen molar-refractivity contribution in [1.29, 1.82) is 0 Å². The number of carbonyl (C=O) groups excluding carboxylic acids is 1. The Balaban J connectivity index is 2.00. The quantitative estimate of drug-likeness (QED) is 0.861. The van der Waals surface area contributed by atoms with Crippen LogP contribution in [0.15, 0.2) is 18.5 Å². The summed E-state index contributed by atoms with van der Waals surface area (Å²) >= 11 is 5.92. The minimum absolute atomic E-state index is 0.0562. The highest BCUT2D eigenvalue weighted by Crippen LogP contribution is 2.23. The van der Waals surface area contributed by atoms with Crippen molar-refractivity contribution < 1.29 is 9.53 Å². The van der Waals surface area contributed by atoms with Gasteiger partial charge >= 0.3 is 0 Å². The maximum absolute atomic E-state index is 11.8. The predicted octanol–water partition coefficient (Wildman–Crippen LogP) is 2.10. The Morgan fingerprint density at radius 2 is 2.50 bits per heavy atom. The van der Waals surface area contributed by atoms with Gasteiger partial charge in [0.25, 0.3) is 0 Å². The third-order valence-corrected chi connectivity index (χ3v) is 2.92. The Kier molecular flexibility index (Phi) is 3.41. The maximum Gasteiger partial charge on any atom is 0.229 e.